The summed E-state index contributed by atoms with van der Waals surface area (Å²) in [4.78, 5) is 0. The molecule has 6 heteroatoms. The number of nitrogens with one attached hydrogen (secondary N) is 1. The average molecular weight is 287 g/mol. The minimum Gasteiger partial charge on any atom is -0.399 e. The molecule has 0 aliphatic rings. The first-order valence-electron chi connectivity index (χ1n) is 5.83. The molecule has 0 unspecified atom stereocenters. The standard InChI is InChI=1S/C14H13N3O2S/c15-9-11-3-7-14(8-4-11)17-20(18,19)10-12-1-5-13(16)6-2-12/h1-8,17H,10,16H2. The Labute approximate surface area is 117 Å². The molecule has 2 aromatic carbocycles. The Kier molecular flexibility index (Phi) is 3.91. The molecule has 20 heavy (non-hydrogen) atoms. The lowest BCUT2D eigenvalue weighted by atomic mass is 10.2. The molecule has 2 rings (SSSR count). The summed E-state index contributed by atoms with van der Waals surface area (Å²) in [5, 5.41) is 8.68. The van der Waals surface area contributed by atoms with Crippen LogP contribution in [0.2, 0.25) is 0 Å². The van der Waals surface area contributed by atoms with Crippen molar-refractivity contribution in [2.24, 2.45) is 0 Å². The maximum atomic E-state index is 12.0. The molecular formula is C14H13N3O2S. The largest absolute Gasteiger partial charge is 0.399 e. The number of hydrogen-bond acceptors (Lipinski definition) is 4. The van der Waals surface area contributed by atoms with E-state index in [9.17, 15) is 8.42 Å². The van der Waals surface area contributed by atoms with Gasteiger partial charge in [-0.15, -0.1) is 0 Å². The van der Waals surface area contributed by atoms with Crippen LogP contribution in [-0.2, 0) is 15.8 Å². The summed E-state index contributed by atoms with van der Waals surface area (Å²) in [6.45, 7) is 0. The highest BCUT2D eigenvalue weighted by molar-refractivity contribution is 7.91. The first-order valence-corrected chi connectivity index (χ1v) is 7.49. The van der Waals surface area contributed by atoms with E-state index in [-0.39, 0.29) is 5.75 Å². The van der Waals surface area contributed by atoms with Gasteiger partial charge in [-0.1, -0.05) is 12.1 Å². The van der Waals surface area contributed by atoms with Crippen molar-refractivity contribution in [2.75, 3.05) is 10.5 Å². The van der Waals surface area contributed by atoms with Crippen LogP contribution in [0.1, 0.15) is 11.1 Å². The van der Waals surface area contributed by atoms with Crippen molar-refractivity contribution in [2.45, 2.75) is 5.75 Å². The quantitative estimate of drug-likeness (QED) is 0.841. The van der Waals surface area contributed by atoms with Gasteiger partial charge in [-0.3, -0.25) is 4.72 Å². The number of hydrogen-bond donors (Lipinski definition) is 2. The smallest absolute Gasteiger partial charge is 0.236 e. The van der Waals surface area contributed by atoms with Crippen molar-refractivity contribution >= 4 is 21.4 Å². The molecule has 5 nitrogen and oxygen atoms in total. The van der Waals surface area contributed by atoms with Gasteiger partial charge in [0, 0.05) is 11.4 Å². The Morgan fingerprint density at radius 2 is 1.65 bits per heavy atom. The Hall–Kier alpha value is -2.52. The highest BCUT2D eigenvalue weighted by Gasteiger charge is 2.11. The summed E-state index contributed by atoms with van der Waals surface area (Å²) in [7, 11) is -3.49. The number of sulfonamides is 1. The van der Waals surface area contributed by atoms with Crippen LogP contribution in [0.15, 0.2) is 48.5 Å². The maximum Gasteiger partial charge on any atom is 0.236 e. The number of rotatable bonds is 4. The predicted octanol–water partition coefficient (Wildman–Crippen LogP) is 2.08. The molecule has 102 valence electrons. The van der Waals surface area contributed by atoms with Gasteiger partial charge in [-0.25, -0.2) is 8.42 Å². The third-order valence-corrected chi connectivity index (χ3v) is 3.88. The highest BCUT2D eigenvalue weighted by atomic mass is 32.2. The van der Waals surface area contributed by atoms with Crippen molar-refractivity contribution in [3.63, 3.8) is 0 Å². The number of benzene rings is 2. The third kappa shape index (κ3) is 3.73. The van der Waals surface area contributed by atoms with Gasteiger partial charge < -0.3 is 5.73 Å². The summed E-state index contributed by atoms with van der Waals surface area (Å²) < 4.78 is 26.5. The normalized spacial score (nSPS) is 10.8. The van der Waals surface area contributed by atoms with E-state index in [1.165, 1.54) is 0 Å². The molecule has 0 atom stereocenters. The van der Waals surface area contributed by atoms with Gasteiger partial charge >= 0.3 is 0 Å². The fourth-order valence-corrected chi connectivity index (χ4v) is 2.86. The number of nitriles is 1. The van der Waals surface area contributed by atoms with Gasteiger partial charge in [-0.2, -0.15) is 5.26 Å². The van der Waals surface area contributed by atoms with E-state index < -0.39 is 10.0 Å². The molecule has 0 heterocycles. The van der Waals surface area contributed by atoms with E-state index in [0.29, 0.717) is 22.5 Å². The van der Waals surface area contributed by atoms with Crippen molar-refractivity contribution in [1.82, 2.24) is 0 Å². The molecule has 0 radical (unpaired) electrons. The Morgan fingerprint density at radius 1 is 1.05 bits per heavy atom. The van der Waals surface area contributed by atoms with Crippen molar-refractivity contribution in [3.8, 4) is 6.07 Å². The number of anilines is 2. The van der Waals surface area contributed by atoms with Crippen LogP contribution in [0, 0.1) is 11.3 Å². The molecule has 0 aromatic heterocycles. The molecule has 0 aliphatic heterocycles. The number of nitrogen functional groups attached to an aromatic ring is 1. The van der Waals surface area contributed by atoms with Crippen LogP contribution in [0.4, 0.5) is 11.4 Å². The molecular weight excluding hydrogens is 274 g/mol. The minimum absolute atomic E-state index is 0.132. The van der Waals surface area contributed by atoms with Crippen molar-refractivity contribution in [1.29, 1.82) is 5.26 Å². The Morgan fingerprint density at radius 3 is 2.20 bits per heavy atom. The second-order valence-corrected chi connectivity index (χ2v) is 6.01. The van der Waals surface area contributed by atoms with Crippen LogP contribution in [0.3, 0.4) is 0 Å². The topological polar surface area (TPSA) is 96.0 Å². The lowest BCUT2D eigenvalue weighted by molar-refractivity contribution is 0.600. The maximum absolute atomic E-state index is 12.0. The predicted molar refractivity (Wildman–Crippen MR) is 78.3 cm³/mol. The van der Waals surface area contributed by atoms with E-state index in [0.717, 1.165) is 0 Å². The molecule has 0 bridgehead atoms. The van der Waals surface area contributed by atoms with Gasteiger partial charge in [0.2, 0.25) is 10.0 Å². The third-order valence-electron chi connectivity index (χ3n) is 2.62. The fraction of sp³-hybridized carbons (Fsp3) is 0.0714. The van der Waals surface area contributed by atoms with Crippen molar-refractivity contribution < 1.29 is 8.42 Å². The second-order valence-electron chi connectivity index (χ2n) is 4.29. The molecule has 0 fully saturated rings. The number of nitrogens with zero attached hydrogens (tertiary/aromatic N) is 1. The molecule has 0 spiro atoms. The van der Waals surface area contributed by atoms with Gasteiger partial charge in [0.1, 0.15) is 0 Å². The molecule has 0 saturated heterocycles. The highest BCUT2D eigenvalue weighted by Crippen LogP contribution is 2.14. The Bertz CT molecular complexity index is 729. The second kappa shape index (κ2) is 5.63. The summed E-state index contributed by atoms with van der Waals surface area (Å²) in [6, 6.07) is 14.9. The molecule has 2 aromatic rings. The lowest BCUT2D eigenvalue weighted by Gasteiger charge is -2.08. The van der Waals surface area contributed by atoms with E-state index in [2.05, 4.69) is 4.72 Å². The summed E-state index contributed by atoms with van der Waals surface area (Å²) in [5.41, 5.74) is 7.70. The van der Waals surface area contributed by atoms with Crippen LogP contribution in [0.5, 0.6) is 0 Å². The minimum atomic E-state index is -3.49. The van der Waals surface area contributed by atoms with Crippen LogP contribution < -0.4 is 10.5 Å². The van der Waals surface area contributed by atoms with Crippen LogP contribution in [0.25, 0.3) is 0 Å². The Balaban J connectivity index is 2.10. The van der Waals surface area contributed by atoms with Crippen molar-refractivity contribution in [3.05, 3.63) is 59.7 Å². The molecule has 0 saturated carbocycles. The van der Waals surface area contributed by atoms with E-state index in [4.69, 9.17) is 11.0 Å². The molecule has 3 N–H and O–H groups in total. The van der Waals surface area contributed by atoms with Gasteiger partial charge in [0.25, 0.3) is 0 Å². The lowest BCUT2D eigenvalue weighted by Crippen LogP contribution is -2.15. The monoisotopic (exact) mass is 287 g/mol. The fourth-order valence-electron chi connectivity index (χ4n) is 1.66. The SMILES string of the molecule is N#Cc1ccc(NS(=O)(=O)Cc2ccc(N)cc2)cc1. The van der Waals surface area contributed by atoms with E-state index in [1.807, 2.05) is 6.07 Å². The van der Waals surface area contributed by atoms with Gasteiger partial charge in [0.05, 0.1) is 17.4 Å². The average Bonchev–Trinajstić information content (AvgIpc) is 2.41. The first kappa shape index (κ1) is 13.9. The van der Waals surface area contributed by atoms with Crippen LogP contribution in [-0.4, -0.2) is 8.42 Å². The van der Waals surface area contributed by atoms with Gasteiger partial charge in [0.15, 0.2) is 0 Å². The summed E-state index contributed by atoms with van der Waals surface area (Å²) >= 11 is 0. The zero-order valence-electron chi connectivity index (χ0n) is 10.6. The summed E-state index contributed by atoms with van der Waals surface area (Å²) in [6.07, 6.45) is 0. The summed E-state index contributed by atoms with van der Waals surface area (Å²) in [5.74, 6) is -0.132. The zero-order chi connectivity index (χ0) is 14.6. The molecule has 0 amide bonds. The molecule has 0 aliphatic carbocycles. The van der Waals surface area contributed by atoms with E-state index >= 15 is 0 Å². The number of nitrogens with two attached hydrogens (primary N) is 1. The van der Waals surface area contributed by atoms with Crippen LogP contribution >= 0.6 is 0 Å². The van der Waals surface area contributed by atoms with E-state index in [1.54, 1.807) is 48.5 Å². The zero-order valence-corrected chi connectivity index (χ0v) is 11.4. The van der Waals surface area contributed by atoms with Gasteiger partial charge in [-0.05, 0) is 42.0 Å². The first-order chi connectivity index (χ1) is 9.48.